The zero-order valence-electron chi connectivity index (χ0n) is 13.8. The Morgan fingerprint density at radius 2 is 1.84 bits per heavy atom. The van der Waals surface area contributed by atoms with Gasteiger partial charge in [0.1, 0.15) is 5.82 Å². The summed E-state index contributed by atoms with van der Waals surface area (Å²) in [6.07, 6.45) is 0.976. The van der Waals surface area contributed by atoms with Gasteiger partial charge in [0.25, 0.3) is 0 Å². The number of nitrogens with zero attached hydrogens (tertiary/aromatic N) is 1. The number of sulfonamides is 1. The summed E-state index contributed by atoms with van der Waals surface area (Å²) in [4.78, 5) is 12.1. The third kappa shape index (κ3) is 5.44. The molecule has 0 atom stereocenters. The van der Waals surface area contributed by atoms with Gasteiger partial charge in [-0.2, -0.15) is 0 Å². The first-order valence-electron chi connectivity index (χ1n) is 7.46. The normalized spacial score (nSPS) is 11.2. The van der Waals surface area contributed by atoms with Gasteiger partial charge in [-0.05, 0) is 48.9 Å². The molecule has 0 spiro atoms. The summed E-state index contributed by atoms with van der Waals surface area (Å²) in [6.45, 7) is 1.79. The van der Waals surface area contributed by atoms with Crippen molar-refractivity contribution < 1.29 is 17.6 Å². The molecule has 0 unspecified atom stereocenters. The first-order valence-corrected chi connectivity index (χ1v) is 9.69. The van der Waals surface area contributed by atoms with Gasteiger partial charge in [-0.15, -0.1) is 0 Å². The highest BCUT2D eigenvalue weighted by Crippen LogP contribution is 2.21. The van der Waals surface area contributed by atoms with Crippen molar-refractivity contribution in [2.45, 2.75) is 13.3 Å². The van der Waals surface area contributed by atoms with E-state index in [0.717, 1.165) is 16.1 Å². The SMILES string of the molecule is Cc1ccc(NC(=O)CCN(c2ccc(F)cc2)S(C)(=O)=O)cc1Cl. The van der Waals surface area contributed by atoms with Crippen LogP contribution in [-0.4, -0.2) is 27.1 Å². The molecule has 0 aromatic heterocycles. The van der Waals surface area contributed by atoms with Gasteiger partial charge in [0, 0.05) is 23.7 Å². The molecule has 0 aliphatic heterocycles. The summed E-state index contributed by atoms with van der Waals surface area (Å²) in [6, 6.07) is 10.2. The predicted molar refractivity (Wildman–Crippen MR) is 98.0 cm³/mol. The quantitative estimate of drug-likeness (QED) is 0.827. The molecule has 1 N–H and O–H groups in total. The fraction of sp³-hybridized carbons (Fsp3) is 0.235. The molecule has 0 fully saturated rings. The molecule has 0 aliphatic carbocycles. The summed E-state index contributed by atoms with van der Waals surface area (Å²) in [7, 11) is -3.60. The fourth-order valence-electron chi connectivity index (χ4n) is 2.19. The number of anilines is 2. The first-order chi connectivity index (χ1) is 11.7. The van der Waals surface area contributed by atoms with Gasteiger partial charge in [0.15, 0.2) is 0 Å². The summed E-state index contributed by atoms with van der Waals surface area (Å²) in [5, 5.41) is 3.20. The highest BCUT2D eigenvalue weighted by atomic mass is 35.5. The average Bonchev–Trinajstić information content (AvgIpc) is 2.51. The first kappa shape index (κ1) is 19.2. The molecule has 8 heteroatoms. The molecule has 0 aliphatic rings. The summed E-state index contributed by atoms with van der Waals surface area (Å²) in [5.41, 5.74) is 1.72. The Bertz CT molecular complexity index is 870. The van der Waals surface area contributed by atoms with Crippen LogP contribution in [0.1, 0.15) is 12.0 Å². The van der Waals surface area contributed by atoms with E-state index in [4.69, 9.17) is 11.6 Å². The van der Waals surface area contributed by atoms with E-state index in [0.29, 0.717) is 16.4 Å². The molecular weight excluding hydrogens is 367 g/mol. The van der Waals surface area contributed by atoms with Gasteiger partial charge in [-0.1, -0.05) is 17.7 Å². The maximum absolute atomic E-state index is 13.0. The zero-order valence-corrected chi connectivity index (χ0v) is 15.4. The van der Waals surface area contributed by atoms with E-state index in [9.17, 15) is 17.6 Å². The van der Waals surface area contributed by atoms with E-state index in [2.05, 4.69) is 5.32 Å². The fourth-order valence-corrected chi connectivity index (χ4v) is 3.30. The lowest BCUT2D eigenvalue weighted by atomic mass is 10.2. The number of nitrogens with one attached hydrogen (secondary N) is 1. The van der Waals surface area contributed by atoms with Crippen molar-refractivity contribution in [1.82, 2.24) is 0 Å². The number of hydrogen-bond acceptors (Lipinski definition) is 3. The lowest BCUT2D eigenvalue weighted by Crippen LogP contribution is -2.33. The van der Waals surface area contributed by atoms with Crippen LogP contribution in [0.4, 0.5) is 15.8 Å². The third-order valence-corrected chi connectivity index (χ3v) is 5.11. The number of carbonyl (C=O) groups excluding carboxylic acids is 1. The van der Waals surface area contributed by atoms with Crippen LogP contribution in [0.15, 0.2) is 42.5 Å². The second-order valence-corrected chi connectivity index (χ2v) is 7.89. The van der Waals surface area contributed by atoms with Crippen molar-refractivity contribution in [2.24, 2.45) is 0 Å². The number of halogens is 2. The molecular formula is C17H18ClFN2O3S. The Morgan fingerprint density at radius 3 is 2.40 bits per heavy atom. The van der Waals surface area contributed by atoms with E-state index in [1.807, 2.05) is 6.92 Å². The van der Waals surface area contributed by atoms with E-state index in [1.165, 1.54) is 24.3 Å². The number of carbonyl (C=O) groups is 1. The lowest BCUT2D eigenvalue weighted by Gasteiger charge is -2.22. The molecule has 25 heavy (non-hydrogen) atoms. The average molecular weight is 385 g/mol. The van der Waals surface area contributed by atoms with Crippen molar-refractivity contribution >= 4 is 38.9 Å². The number of benzene rings is 2. The second-order valence-electron chi connectivity index (χ2n) is 5.57. The largest absolute Gasteiger partial charge is 0.326 e. The molecule has 2 aromatic rings. The molecule has 2 aromatic carbocycles. The van der Waals surface area contributed by atoms with Gasteiger partial charge in [-0.25, -0.2) is 12.8 Å². The third-order valence-electron chi connectivity index (χ3n) is 3.51. The van der Waals surface area contributed by atoms with Crippen molar-refractivity contribution in [3.05, 3.63) is 58.9 Å². The van der Waals surface area contributed by atoms with Crippen LogP contribution in [-0.2, 0) is 14.8 Å². The molecule has 0 saturated carbocycles. The van der Waals surface area contributed by atoms with Crippen LogP contribution >= 0.6 is 11.6 Å². The highest BCUT2D eigenvalue weighted by molar-refractivity contribution is 7.92. The maximum Gasteiger partial charge on any atom is 0.232 e. The van der Waals surface area contributed by atoms with Gasteiger partial charge in [-0.3, -0.25) is 9.10 Å². The maximum atomic E-state index is 13.0. The van der Waals surface area contributed by atoms with Crippen molar-refractivity contribution in [3.63, 3.8) is 0 Å². The summed E-state index contributed by atoms with van der Waals surface area (Å²) in [5.74, 6) is -0.818. The van der Waals surface area contributed by atoms with Crippen molar-refractivity contribution in [1.29, 1.82) is 0 Å². The van der Waals surface area contributed by atoms with E-state index in [-0.39, 0.29) is 18.9 Å². The molecule has 2 rings (SSSR count). The molecule has 5 nitrogen and oxygen atoms in total. The smallest absolute Gasteiger partial charge is 0.232 e. The van der Waals surface area contributed by atoms with Crippen LogP contribution < -0.4 is 9.62 Å². The Balaban J connectivity index is 2.06. The Labute approximate surface area is 151 Å². The van der Waals surface area contributed by atoms with Crippen LogP contribution in [0.5, 0.6) is 0 Å². The van der Waals surface area contributed by atoms with Crippen LogP contribution in [0, 0.1) is 12.7 Å². The molecule has 0 heterocycles. The van der Waals surface area contributed by atoms with Crippen molar-refractivity contribution in [2.75, 3.05) is 22.4 Å². The molecule has 0 radical (unpaired) electrons. The molecule has 0 saturated heterocycles. The van der Waals surface area contributed by atoms with E-state index < -0.39 is 15.8 Å². The monoisotopic (exact) mass is 384 g/mol. The zero-order chi connectivity index (χ0) is 18.6. The summed E-state index contributed by atoms with van der Waals surface area (Å²) >= 11 is 6.01. The van der Waals surface area contributed by atoms with Gasteiger partial charge in [0.2, 0.25) is 15.9 Å². The Hall–Kier alpha value is -2.12. The minimum Gasteiger partial charge on any atom is -0.326 e. The number of amides is 1. The molecule has 134 valence electrons. The number of hydrogen-bond donors (Lipinski definition) is 1. The number of rotatable bonds is 6. The van der Waals surface area contributed by atoms with Crippen molar-refractivity contribution in [3.8, 4) is 0 Å². The highest BCUT2D eigenvalue weighted by Gasteiger charge is 2.18. The van der Waals surface area contributed by atoms with E-state index in [1.54, 1.807) is 18.2 Å². The molecule has 1 amide bonds. The van der Waals surface area contributed by atoms with Gasteiger partial charge >= 0.3 is 0 Å². The standard InChI is InChI=1S/C17H18ClFN2O3S/c1-12-3-6-14(11-16(12)18)20-17(22)9-10-21(25(2,23)24)15-7-4-13(19)5-8-15/h3-8,11H,9-10H2,1-2H3,(H,20,22). The Kier molecular flexibility index (Phi) is 6.02. The van der Waals surface area contributed by atoms with Gasteiger partial charge in [0.05, 0.1) is 11.9 Å². The minimum absolute atomic E-state index is 0.0596. The van der Waals surface area contributed by atoms with Gasteiger partial charge < -0.3 is 5.32 Å². The lowest BCUT2D eigenvalue weighted by molar-refractivity contribution is -0.116. The van der Waals surface area contributed by atoms with E-state index >= 15 is 0 Å². The Morgan fingerprint density at radius 1 is 1.20 bits per heavy atom. The van der Waals surface area contributed by atoms with Crippen LogP contribution in [0.3, 0.4) is 0 Å². The second kappa shape index (κ2) is 7.84. The topological polar surface area (TPSA) is 66.5 Å². The van der Waals surface area contributed by atoms with Crippen LogP contribution in [0.2, 0.25) is 5.02 Å². The summed E-state index contributed by atoms with van der Waals surface area (Å²) < 4.78 is 38.0. The number of aryl methyl sites for hydroxylation is 1. The minimum atomic E-state index is -3.60. The van der Waals surface area contributed by atoms with Crippen LogP contribution in [0.25, 0.3) is 0 Å². The molecule has 0 bridgehead atoms. The predicted octanol–water partition coefficient (Wildman–Crippen LogP) is 3.58.